The summed E-state index contributed by atoms with van der Waals surface area (Å²) >= 11 is 0. The van der Waals surface area contributed by atoms with Gasteiger partial charge in [0.25, 0.3) is 17.5 Å². The van der Waals surface area contributed by atoms with Crippen LogP contribution in [0.25, 0.3) is 0 Å². The highest BCUT2D eigenvalue weighted by atomic mass is 16.6. The first kappa shape index (κ1) is 24.0. The minimum absolute atomic E-state index is 0.0248. The van der Waals surface area contributed by atoms with Crippen LogP contribution >= 0.6 is 0 Å². The maximum Gasteiger partial charge on any atom is 0.287 e. The van der Waals surface area contributed by atoms with E-state index >= 15 is 0 Å². The van der Waals surface area contributed by atoms with Gasteiger partial charge < -0.3 is 9.80 Å². The molecule has 4 aliphatic heterocycles. The van der Waals surface area contributed by atoms with E-state index in [1.165, 1.54) is 12.3 Å². The molecule has 13 nitrogen and oxygen atoms in total. The van der Waals surface area contributed by atoms with Crippen molar-refractivity contribution in [2.75, 3.05) is 49.1 Å². The lowest BCUT2D eigenvalue weighted by Crippen LogP contribution is -2.63. The number of imide groups is 2. The lowest BCUT2D eigenvalue weighted by atomic mass is 10.0. The number of hydrogen-bond donors (Lipinski definition) is 1. The fraction of sp³-hybridized carbons (Fsp3) is 0.400. The third-order valence-electron chi connectivity index (χ3n) is 7.75. The van der Waals surface area contributed by atoms with Crippen LogP contribution in [0.15, 0.2) is 36.5 Å². The van der Waals surface area contributed by atoms with Gasteiger partial charge in [-0.25, -0.2) is 4.98 Å². The van der Waals surface area contributed by atoms with Gasteiger partial charge in [0.15, 0.2) is 0 Å². The topological polar surface area (TPSA) is 149 Å². The molecule has 5 heterocycles. The number of amides is 4. The number of benzene rings is 1. The van der Waals surface area contributed by atoms with Gasteiger partial charge in [0, 0.05) is 63.5 Å². The Morgan fingerprint density at radius 3 is 2.32 bits per heavy atom. The molecule has 2 aromatic rings. The second-order valence-electron chi connectivity index (χ2n) is 9.89. The van der Waals surface area contributed by atoms with E-state index in [2.05, 4.69) is 25.0 Å². The monoisotopic (exact) mass is 519 g/mol. The molecule has 3 fully saturated rings. The van der Waals surface area contributed by atoms with Gasteiger partial charge in [-0.05, 0) is 30.7 Å². The summed E-state index contributed by atoms with van der Waals surface area (Å²) in [5.41, 5.74) is 1.38. The van der Waals surface area contributed by atoms with E-state index in [9.17, 15) is 29.3 Å². The Labute approximate surface area is 217 Å². The lowest BCUT2D eigenvalue weighted by molar-refractivity contribution is -0.385. The number of fused-ring (bicyclic) bond motifs is 1. The zero-order chi connectivity index (χ0) is 26.6. The van der Waals surface area contributed by atoms with Gasteiger partial charge in [0.2, 0.25) is 11.8 Å². The lowest BCUT2D eigenvalue weighted by Gasteiger charge is -2.49. The summed E-state index contributed by atoms with van der Waals surface area (Å²) in [6, 6.07) is 7.71. The SMILES string of the molecule is O=C1CCC(N2C(=O)c3ccc(N4CC(N5CCN(c6ccc([N+](=O)[O-])cn6)CC5)C4)cc3C2=O)C(=O)N1. The van der Waals surface area contributed by atoms with Crippen molar-refractivity contribution >= 4 is 40.8 Å². The average Bonchev–Trinajstić information content (AvgIpc) is 3.13. The highest BCUT2D eigenvalue weighted by molar-refractivity contribution is 6.23. The van der Waals surface area contributed by atoms with Gasteiger partial charge in [-0.15, -0.1) is 0 Å². The van der Waals surface area contributed by atoms with Crippen molar-refractivity contribution in [3.63, 3.8) is 0 Å². The van der Waals surface area contributed by atoms with Crippen molar-refractivity contribution < 1.29 is 24.1 Å². The van der Waals surface area contributed by atoms with Crippen molar-refractivity contribution in [3.05, 3.63) is 57.8 Å². The van der Waals surface area contributed by atoms with Gasteiger partial charge in [0.1, 0.15) is 18.1 Å². The van der Waals surface area contributed by atoms with Crippen LogP contribution in [0, 0.1) is 10.1 Å². The standard InChI is InChI=1S/C25H25N7O6/c33-22-6-4-20(23(34)27-22)31-24(35)18-3-1-15(11-19(18)25(31)36)30-13-17(14-30)28-7-9-29(10-8-28)21-5-2-16(12-26-21)32(37)38/h1-3,5,11-12,17,20H,4,6-10,13-14H2,(H,27,33,34). The average molecular weight is 520 g/mol. The maximum absolute atomic E-state index is 13.1. The minimum Gasteiger partial charge on any atom is -0.368 e. The smallest absolute Gasteiger partial charge is 0.287 e. The summed E-state index contributed by atoms with van der Waals surface area (Å²) in [6.45, 7) is 4.80. The molecule has 13 heteroatoms. The highest BCUT2D eigenvalue weighted by Gasteiger charge is 2.45. The van der Waals surface area contributed by atoms with Gasteiger partial charge in [-0.3, -0.25) is 44.4 Å². The Kier molecular flexibility index (Phi) is 5.79. The van der Waals surface area contributed by atoms with Crippen LogP contribution in [0.4, 0.5) is 17.2 Å². The fourth-order valence-electron chi connectivity index (χ4n) is 5.54. The number of hydrogen-bond acceptors (Lipinski definition) is 10. The molecule has 0 radical (unpaired) electrons. The summed E-state index contributed by atoms with van der Waals surface area (Å²) in [4.78, 5) is 72.0. The van der Waals surface area contributed by atoms with Crippen LogP contribution in [-0.4, -0.2) is 94.7 Å². The molecular weight excluding hydrogens is 494 g/mol. The van der Waals surface area contributed by atoms with Gasteiger partial charge in [-0.2, -0.15) is 0 Å². The molecule has 1 aromatic heterocycles. The molecule has 1 unspecified atom stereocenters. The van der Waals surface area contributed by atoms with Crippen LogP contribution in [0.3, 0.4) is 0 Å². The molecule has 0 saturated carbocycles. The Bertz CT molecular complexity index is 1350. The van der Waals surface area contributed by atoms with Crippen LogP contribution in [0.2, 0.25) is 0 Å². The number of aromatic nitrogens is 1. The number of nitrogens with one attached hydrogen (secondary N) is 1. The molecule has 1 atom stereocenters. The first-order valence-electron chi connectivity index (χ1n) is 12.5. The normalized spacial score (nSPS) is 22.4. The molecule has 196 valence electrons. The number of carbonyl (C=O) groups is 4. The second kappa shape index (κ2) is 9.17. The van der Waals surface area contributed by atoms with E-state index in [1.807, 2.05) is 6.07 Å². The van der Waals surface area contributed by atoms with E-state index in [-0.39, 0.29) is 29.7 Å². The van der Waals surface area contributed by atoms with Crippen molar-refractivity contribution in [2.24, 2.45) is 0 Å². The molecule has 4 aliphatic rings. The van der Waals surface area contributed by atoms with E-state index in [4.69, 9.17) is 0 Å². The molecule has 3 saturated heterocycles. The summed E-state index contributed by atoms with van der Waals surface area (Å²) in [5, 5.41) is 13.1. The van der Waals surface area contributed by atoms with E-state index in [1.54, 1.807) is 18.2 Å². The van der Waals surface area contributed by atoms with Crippen LogP contribution < -0.4 is 15.1 Å². The van der Waals surface area contributed by atoms with Crippen molar-refractivity contribution in [1.29, 1.82) is 0 Å². The molecule has 0 spiro atoms. The summed E-state index contributed by atoms with van der Waals surface area (Å²) in [7, 11) is 0. The molecule has 6 rings (SSSR count). The number of rotatable bonds is 5. The van der Waals surface area contributed by atoms with E-state index in [0.29, 0.717) is 6.04 Å². The molecule has 0 bridgehead atoms. The second-order valence-corrected chi connectivity index (χ2v) is 9.89. The first-order chi connectivity index (χ1) is 18.3. The fourth-order valence-corrected chi connectivity index (χ4v) is 5.54. The van der Waals surface area contributed by atoms with E-state index < -0.39 is 34.6 Å². The quantitative estimate of drug-likeness (QED) is 0.334. The van der Waals surface area contributed by atoms with Gasteiger partial charge in [-0.1, -0.05) is 0 Å². The van der Waals surface area contributed by atoms with Crippen LogP contribution in [0.1, 0.15) is 33.6 Å². The third kappa shape index (κ3) is 4.04. The summed E-state index contributed by atoms with van der Waals surface area (Å²) in [6.07, 6.45) is 1.50. The van der Waals surface area contributed by atoms with E-state index in [0.717, 1.165) is 55.7 Å². The molecule has 1 N–H and O–H groups in total. The Balaban J connectivity index is 1.06. The number of anilines is 2. The maximum atomic E-state index is 13.1. The largest absolute Gasteiger partial charge is 0.368 e. The van der Waals surface area contributed by atoms with Crippen molar-refractivity contribution in [3.8, 4) is 0 Å². The molecule has 4 amide bonds. The van der Waals surface area contributed by atoms with Crippen molar-refractivity contribution in [2.45, 2.75) is 24.9 Å². The molecule has 38 heavy (non-hydrogen) atoms. The molecular formula is C25H25N7O6. The Hall–Kier alpha value is -4.39. The number of carbonyl (C=O) groups excluding carboxylic acids is 4. The van der Waals surface area contributed by atoms with Gasteiger partial charge in [0.05, 0.1) is 16.1 Å². The van der Waals surface area contributed by atoms with Gasteiger partial charge >= 0.3 is 0 Å². The minimum atomic E-state index is -0.975. The summed E-state index contributed by atoms with van der Waals surface area (Å²) < 4.78 is 0. The number of nitrogens with zero attached hydrogens (tertiary/aromatic N) is 6. The van der Waals surface area contributed by atoms with Crippen molar-refractivity contribution in [1.82, 2.24) is 20.1 Å². The zero-order valence-electron chi connectivity index (χ0n) is 20.4. The van der Waals surface area contributed by atoms with Crippen LogP contribution in [-0.2, 0) is 9.59 Å². The number of nitro groups is 1. The number of pyridine rings is 1. The zero-order valence-corrected chi connectivity index (χ0v) is 20.4. The predicted octanol–water partition coefficient (Wildman–Crippen LogP) is 0.402. The number of piperazine rings is 1. The Morgan fingerprint density at radius 1 is 0.921 bits per heavy atom. The predicted molar refractivity (Wildman–Crippen MR) is 134 cm³/mol. The molecule has 1 aromatic carbocycles. The highest BCUT2D eigenvalue weighted by Crippen LogP contribution is 2.33. The first-order valence-corrected chi connectivity index (χ1v) is 12.5. The van der Waals surface area contributed by atoms with Crippen LogP contribution in [0.5, 0.6) is 0 Å². The molecule has 0 aliphatic carbocycles. The Morgan fingerprint density at radius 2 is 1.66 bits per heavy atom. The summed E-state index contributed by atoms with van der Waals surface area (Å²) in [5.74, 6) is -1.30. The number of piperidine rings is 1. The third-order valence-corrected chi connectivity index (χ3v) is 7.75.